The Kier molecular flexibility index (Phi) is 15.6. The maximum atomic E-state index is 6.09. The van der Waals surface area contributed by atoms with Gasteiger partial charge in [0.15, 0.2) is 0 Å². The van der Waals surface area contributed by atoms with E-state index in [4.69, 9.17) is 33.4 Å². The normalized spacial score (nSPS) is 9.96. The highest BCUT2D eigenvalue weighted by Crippen LogP contribution is 2.34. The van der Waals surface area contributed by atoms with Crippen LogP contribution in [0.25, 0.3) is 21.8 Å². The molecule has 49 heavy (non-hydrogen) atoms. The van der Waals surface area contributed by atoms with Crippen molar-refractivity contribution in [1.82, 2.24) is 29.9 Å². The predicted octanol–water partition coefficient (Wildman–Crippen LogP) is 5.21. The Morgan fingerprint density at radius 2 is 1.12 bits per heavy atom. The molecule has 0 bridgehead atoms. The van der Waals surface area contributed by atoms with Gasteiger partial charge in [0.05, 0.1) is 23.8 Å². The molecule has 0 unspecified atom stereocenters. The number of nitrogens with zero attached hydrogens (tertiary/aromatic N) is 7. The van der Waals surface area contributed by atoms with Gasteiger partial charge in [0.25, 0.3) is 0 Å². The first-order valence-corrected chi connectivity index (χ1v) is 14.1. The van der Waals surface area contributed by atoms with Crippen molar-refractivity contribution in [2.45, 2.75) is 19.8 Å². The maximum Gasteiger partial charge on any atom is 0.221 e. The number of halogens is 4. The number of rotatable bonds is 6. The van der Waals surface area contributed by atoms with Gasteiger partial charge in [-0.2, -0.15) is 9.97 Å². The minimum atomic E-state index is 0. The molecule has 10 N–H and O–H groups in total. The van der Waals surface area contributed by atoms with Crippen molar-refractivity contribution in [3.05, 3.63) is 89.0 Å². The molecule has 0 amide bonds. The summed E-state index contributed by atoms with van der Waals surface area (Å²) >= 11 is 0. The topological polar surface area (TPSA) is 220 Å². The highest BCUT2D eigenvalue weighted by Gasteiger charge is 2.15. The fourth-order valence-electron chi connectivity index (χ4n) is 5.33. The third kappa shape index (κ3) is 9.21. The van der Waals surface area contributed by atoms with Crippen molar-refractivity contribution >= 4 is 106 Å². The van der Waals surface area contributed by atoms with Crippen molar-refractivity contribution in [1.29, 1.82) is 0 Å². The fraction of sp³-hybridized carbons (Fsp3) is 0.188. The lowest BCUT2D eigenvalue weighted by molar-refractivity contribution is 0.417. The van der Waals surface area contributed by atoms with E-state index in [-0.39, 0.29) is 61.5 Å². The molecule has 262 valence electrons. The van der Waals surface area contributed by atoms with Gasteiger partial charge in [-0.25, -0.2) is 9.97 Å². The Bertz CT molecular complexity index is 2030. The molecule has 2 aromatic carbocycles. The van der Waals surface area contributed by atoms with Crippen LogP contribution in [0.1, 0.15) is 27.8 Å². The molecule has 0 saturated heterocycles. The second-order valence-electron chi connectivity index (χ2n) is 10.7. The summed E-state index contributed by atoms with van der Waals surface area (Å²) in [6.45, 7) is 2.09. The standard InChI is InChI=1S/C17H20N6.C15H16N6O.4ClH/c1-10-7-11(8-12-9-21-17(19)22-16(12)18)13-5-4-6-20-14(13)15(10)23(2)3;1-22-11-6-8(5-9-7-20-15(18)21-14(9)17)10-3-2-4-19-13(10)12(11)16;;;;/h4-7,9H,8H2,1-3H3,(H4,18,19,21,22);2-4,6-7H,5,16H2,1H3,(H4,17,18,20,21);4*1H. The zero-order valence-corrected chi connectivity index (χ0v) is 30.5. The maximum absolute atomic E-state index is 6.09. The first-order chi connectivity index (χ1) is 21.6. The minimum Gasteiger partial charge on any atom is -0.495 e. The summed E-state index contributed by atoms with van der Waals surface area (Å²) in [5, 5.41) is 2.05. The van der Waals surface area contributed by atoms with Gasteiger partial charge in [-0.1, -0.05) is 18.2 Å². The van der Waals surface area contributed by atoms with E-state index >= 15 is 0 Å². The quantitative estimate of drug-likeness (QED) is 0.138. The summed E-state index contributed by atoms with van der Waals surface area (Å²) in [4.78, 5) is 27.1. The van der Waals surface area contributed by atoms with E-state index in [2.05, 4.69) is 53.9 Å². The lowest BCUT2D eigenvalue weighted by atomic mass is 9.97. The third-order valence-corrected chi connectivity index (χ3v) is 7.38. The van der Waals surface area contributed by atoms with Crippen LogP contribution in [0.4, 0.5) is 34.9 Å². The highest BCUT2D eigenvalue weighted by atomic mass is 35.5. The highest BCUT2D eigenvalue weighted by molar-refractivity contribution is 5.96. The van der Waals surface area contributed by atoms with Crippen molar-refractivity contribution < 1.29 is 4.74 Å². The van der Waals surface area contributed by atoms with Crippen LogP contribution in [-0.4, -0.2) is 51.1 Å². The summed E-state index contributed by atoms with van der Waals surface area (Å²) in [5.74, 6) is 1.71. The van der Waals surface area contributed by atoms with Crippen molar-refractivity contribution in [3.63, 3.8) is 0 Å². The molecule has 4 heterocycles. The molecule has 0 aliphatic rings. The smallest absolute Gasteiger partial charge is 0.221 e. The molecular formula is C32H40Cl4N12O. The SMILES string of the molecule is COc1cc(Cc2cnc(N)nc2N)c2cccnc2c1N.Cc1cc(Cc2cnc(N)nc2N)c2cccnc2c1N(C)C.Cl.Cl.Cl.Cl. The van der Waals surface area contributed by atoms with Gasteiger partial charge in [-0.05, 0) is 41.8 Å². The molecule has 6 aromatic rings. The molecular weight excluding hydrogens is 710 g/mol. The molecule has 0 saturated carbocycles. The fourth-order valence-corrected chi connectivity index (χ4v) is 5.33. The lowest BCUT2D eigenvalue weighted by Crippen LogP contribution is -2.12. The summed E-state index contributed by atoms with van der Waals surface area (Å²) in [5.41, 5.74) is 37.4. The van der Waals surface area contributed by atoms with Crippen molar-refractivity contribution in [2.24, 2.45) is 0 Å². The Hall–Kier alpha value is -4.82. The second kappa shape index (κ2) is 18.1. The molecule has 17 heteroatoms. The van der Waals surface area contributed by atoms with Crippen molar-refractivity contribution in [2.75, 3.05) is 54.8 Å². The van der Waals surface area contributed by atoms with Crippen LogP contribution >= 0.6 is 49.6 Å². The van der Waals surface area contributed by atoms with Gasteiger partial charge < -0.3 is 38.3 Å². The van der Waals surface area contributed by atoms with E-state index in [1.165, 1.54) is 5.56 Å². The number of hydrogen-bond acceptors (Lipinski definition) is 13. The number of benzene rings is 2. The molecule has 0 atom stereocenters. The number of anilines is 6. The average Bonchev–Trinajstić information content (AvgIpc) is 3.01. The van der Waals surface area contributed by atoms with Gasteiger partial charge in [0.2, 0.25) is 11.9 Å². The van der Waals surface area contributed by atoms with Crippen LogP contribution in [0.5, 0.6) is 5.75 Å². The van der Waals surface area contributed by atoms with Crippen LogP contribution < -0.4 is 38.3 Å². The minimum absolute atomic E-state index is 0. The number of aryl methyl sites for hydroxylation is 1. The average molecular weight is 751 g/mol. The van der Waals surface area contributed by atoms with Crippen LogP contribution in [0.15, 0.2) is 61.2 Å². The molecule has 0 aliphatic heterocycles. The first kappa shape index (κ1) is 42.2. The first-order valence-electron chi connectivity index (χ1n) is 14.1. The summed E-state index contributed by atoms with van der Waals surface area (Å²) < 4.78 is 5.33. The molecule has 13 nitrogen and oxygen atoms in total. The zero-order chi connectivity index (χ0) is 32.2. The monoisotopic (exact) mass is 748 g/mol. The summed E-state index contributed by atoms with van der Waals surface area (Å²) in [6, 6.07) is 11.9. The molecule has 0 aliphatic carbocycles. The number of ether oxygens (including phenoxy) is 1. The van der Waals surface area contributed by atoms with Crippen LogP contribution in [0, 0.1) is 6.92 Å². The van der Waals surface area contributed by atoms with E-state index < -0.39 is 0 Å². The number of hydrogen-bond donors (Lipinski definition) is 5. The second-order valence-corrected chi connectivity index (χ2v) is 10.7. The molecule has 0 radical (unpaired) electrons. The number of pyridine rings is 2. The van der Waals surface area contributed by atoms with E-state index in [1.54, 1.807) is 25.7 Å². The molecule has 0 spiro atoms. The summed E-state index contributed by atoms with van der Waals surface area (Å²) in [7, 11) is 5.63. The Balaban J connectivity index is 0.000000453. The zero-order valence-electron chi connectivity index (χ0n) is 27.2. The number of nitrogens with two attached hydrogens (primary N) is 5. The number of aromatic nitrogens is 6. The molecule has 0 fully saturated rings. The number of fused-ring (bicyclic) bond motifs is 2. The summed E-state index contributed by atoms with van der Waals surface area (Å²) in [6.07, 6.45) is 8.01. The van der Waals surface area contributed by atoms with Crippen LogP contribution in [0.3, 0.4) is 0 Å². The Labute approximate surface area is 309 Å². The molecule has 6 rings (SSSR count). The molecule has 4 aromatic heterocycles. The van der Waals surface area contributed by atoms with Gasteiger partial charge >= 0.3 is 0 Å². The van der Waals surface area contributed by atoms with Crippen LogP contribution in [-0.2, 0) is 12.8 Å². The van der Waals surface area contributed by atoms with Gasteiger partial charge in [-0.15, -0.1) is 49.6 Å². The predicted molar refractivity (Wildman–Crippen MR) is 210 cm³/mol. The van der Waals surface area contributed by atoms with E-state index in [1.807, 2.05) is 44.6 Å². The van der Waals surface area contributed by atoms with Gasteiger partial charge in [0.1, 0.15) is 23.1 Å². The third-order valence-electron chi connectivity index (χ3n) is 7.38. The van der Waals surface area contributed by atoms with Crippen molar-refractivity contribution in [3.8, 4) is 5.75 Å². The Morgan fingerprint density at radius 1 is 0.653 bits per heavy atom. The van der Waals surface area contributed by atoms with Gasteiger partial charge in [-0.3, -0.25) is 9.97 Å². The van der Waals surface area contributed by atoms with Gasteiger partial charge in [0, 0.05) is 73.6 Å². The number of methoxy groups -OCH3 is 1. The van der Waals surface area contributed by atoms with E-state index in [9.17, 15) is 0 Å². The van der Waals surface area contributed by atoms with Crippen LogP contribution in [0.2, 0.25) is 0 Å². The lowest BCUT2D eigenvalue weighted by Gasteiger charge is -2.20. The van der Waals surface area contributed by atoms with E-state index in [0.29, 0.717) is 41.4 Å². The number of nitrogen functional groups attached to an aromatic ring is 5. The Morgan fingerprint density at radius 3 is 1.59 bits per heavy atom. The largest absolute Gasteiger partial charge is 0.495 e. The van der Waals surface area contributed by atoms with E-state index in [0.717, 1.165) is 44.2 Å².